The summed E-state index contributed by atoms with van der Waals surface area (Å²) >= 11 is 0. The predicted molar refractivity (Wildman–Crippen MR) is 56.8 cm³/mol. The third-order valence-corrected chi connectivity index (χ3v) is 3.58. The van der Waals surface area contributed by atoms with Gasteiger partial charge in [0.05, 0.1) is 0 Å². The Bertz CT molecular complexity index is 180. The molecule has 1 saturated carbocycles. The second-order valence-corrected chi connectivity index (χ2v) is 4.49. The molecule has 2 aliphatic rings. The van der Waals surface area contributed by atoms with Crippen LogP contribution in [0.25, 0.3) is 0 Å². The lowest BCUT2D eigenvalue weighted by Gasteiger charge is -2.33. The summed E-state index contributed by atoms with van der Waals surface area (Å²) in [5, 5.41) is 0. The van der Waals surface area contributed by atoms with Gasteiger partial charge in [0, 0.05) is 19.1 Å². The van der Waals surface area contributed by atoms with E-state index in [1.807, 2.05) is 0 Å². The Hall–Kier alpha value is -0.300. The van der Waals surface area contributed by atoms with Gasteiger partial charge in [0.25, 0.3) is 0 Å². The Balaban J connectivity index is 1.90. The van der Waals surface area contributed by atoms with Crippen LogP contribution in [0.2, 0.25) is 0 Å². The Morgan fingerprint density at radius 3 is 2.77 bits per heavy atom. The van der Waals surface area contributed by atoms with Crippen molar-refractivity contribution < 1.29 is 0 Å². The molecule has 2 rings (SSSR count). The Kier molecular flexibility index (Phi) is 3.05. The monoisotopic (exact) mass is 179 g/mol. The average molecular weight is 179 g/mol. The molecule has 1 fully saturated rings. The lowest BCUT2D eigenvalue weighted by atomic mass is 10.0. The first-order chi connectivity index (χ1) is 6.40. The molecule has 0 radical (unpaired) electrons. The zero-order valence-corrected chi connectivity index (χ0v) is 8.71. The Labute approximate surface area is 81.8 Å². The van der Waals surface area contributed by atoms with Crippen LogP contribution in [-0.2, 0) is 0 Å². The first kappa shape index (κ1) is 9.26. The van der Waals surface area contributed by atoms with Crippen LogP contribution in [0.4, 0.5) is 0 Å². The van der Waals surface area contributed by atoms with Gasteiger partial charge in [-0.05, 0) is 25.2 Å². The first-order valence-corrected chi connectivity index (χ1v) is 5.81. The van der Waals surface area contributed by atoms with Gasteiger partial charge >= 0.3 is 0 Å². The third kappa shape index (κ3) is 2.14. The van der Waals surface area contributed by atoms with E-state index in [-0.39, 0.29) is 0 Å². The van der Waals surface area contributed by atoms with Gasteiger partial charge in [-0.1, -0.05) is 31.9 Å². The summed E-state index contributed by atoms with van der Waals surface area (Å²) in [4.78, 5) is 2.70. The highest BCUT2D eigenvalue weighted by Crippen LogP contribution is 2.26. The van der Waals surface area contributed by atoms with Gasteiger partial charge in [-0.25, -0.2) is 0 Å². The standard InChI is InChI=1S/C12H21N/c1-2-11-6-5-9-13(10-11)12-7-3-4-8-12/h5-6,11-12H,2-4,7-10H2,1H3. The average Bonchev–Trinajstić information content (AvgIpc) is 2.71. The third-order valence-electron chi connectivity index (χ3n) is 3.58. The van der Waals surface area contributed by atoms with E-state index >= 15 is 0 Å². The number of hydrogen-bond donors (Lipinski definition) is 0. The van der Waals surface area contributed by atoms with Crippen molar-refractivity contribution >= 4 is 0 Å². The predicted octanol–water partition coefficient (Wildman–Crippen LogP) is 2.83. The normalized spacial score (nSPS) is 31.3. The van der Waals surface area contributed by atoms with Crippen LogP contribution in [0.3, 0.4) is 0 Å². The lowest BCUT2D eigenvalue weighted by molar-refractivity contribution is 0.188. The summed E-state index contributed by atoms with van der Waals surface area (Å²) in [7, 11) is 0. The van der Waals surface area contributed by atoms with Crippen LogP contribution >= 0.6 is 0 Å². The molecule has 0 aromatic heterocycles. The molecule has 1 aliphatic carbocycles. The van der Waals surface area contributed by atoms with Crippen LogP contribution in [0, 0.1) is 5.92 Å². The van der Waals surface area contributed by atoms with E-state index in [4.69, 9.17) is 0 Å². The van der Waals surface area contributed by atoms with Crippen molar-refractivity contribution in [2.45, 2.75) is 45.1 Å². The second-order valence-electron chi connectivity index (χ2n) is 4.49. The molecule has 0 amide bonds. The molecule has 1 aliphatic heterocycles. The summed E-state index contributed by atoms with van der Waals surface area (Å²) in [5.41, 5.74) is 0. The van der Waals surface area contributed by atoms with Crippen molar-refractivity contribution in [3.8, 4) is 0 Å². The second kappa shape index (κ2) is 4.28. The quantitative estimate of drug-likeness (QED) is 0.589. The molecule has 74 valence electrons. The van der Waals surface area contributed by atoms with E-state index < -0.39 is 0 Å². The Morgan fingerprint density at radius 1 is 1.31 bits per heavy atom. The molecule has 0 N–H and O–H groups in total. The molecule has 13 heavy (non-hydrogen) atoms. The molecule has 0 bridgehead atoms. The SMILES string of the molecule is CCC1C=CCN(C2CCCC2)C1. The van der Waals surface area contributed by atoms with Gasteiger partial charge in [0.1, 0.15) is 0 Å². The summed E-state index contributed by atoms with van der Waals surface area (Å²) < 4.78 is 0. The molecule has 1 atom stereocenters. The zero-order valence-electron chi connectivity index (χ0n) is 8.71. The van der Waals surface area contributed by atoms with Gasteiger partial charge in [0.15, 0.2) is 0 Å². The maximum absolute atomic E-state index is 2.70. The van der Waals surface area contributed by atoms with Crippen LogP contribution in [0.5, 0.6) is 0 Å². The van der Waals surface area contributed by atoms with E-state index in [0.29, 0.717) is 0 Å². The smallest absolute Gasteiger partial charge is 0.0166 e. The molecule has 1 nitrogen and oxygen atoms in total. The molecule has 0 spiro atoms. The van der Waals surface area contributed by atoms with Gasteiger partial charge in [0.2, 0.25) is 0 Å². The van der Waals surface area contributed by atoms with E-state index in [9.17, 15) is 0 Å². The summed E-state index contributed by atoms with van der Waals surface area (Å²) in [6.07, 6.45) is 11.9. The minimum atomic E-state index is 0.828. The van der Waals surface area contributed by atoms with Crippen molar-refractivity contribution in [3.05, 3.63) is 12.2 Å². The van der Waals surface area contributed by atoms with E-state index in [2.05, 4.69) is 24.0 Å². The van der Waals surface area contributed by atoms with E-state index in [0.717, 1.165) is 12.0 Å². The highest BCUT2D eigenvalue weighted by Gasteiger charge is 2.24. The van der Waals surface area contributed by atoms with Crippen LogP contribution < -0.4 is 0 Å². The number of rotatable bonds is 2. The van der Waals surface area contributed by atoms with Gasteiger partial charge in [-0.2, -0.15) is 0 Å². The number of hydrogen-bond acceptors (Lipinski definition) is 1. The summed E-state index contributed by atoms with van der Waals surface area (Å²) in [5.74, 6) is 0.828. The minimum Gasteiger partial charge on any atom is -0.296 e. The van der Waals surface area contributed by atoms with Crippen molar-refractivity contribution in [3.63, 3.8) is 0 Å². The molecule has 1 heteroatoms. The molecule has 1 unspecified atom stereocenters. The Morgan fingerprint density at radius 2 is 2.08 bits per heavy atom. The molecule has 0 saturated heterocycles. The fourth-order valence-electron chi connectivity index (χ4n) is 2.66. The molecular formula is C12H21N. The fourth-order valence-corrected chi connectivity index (χ4v) is 2.66. The largest absolute Gasteiger partial charge is 0.296 e. The van der Waals surface area contributed by atoms with Crippen LogP contribution in [-0.4, -0.2) is 24.0 Å². The molecule has 0 aromatic rings. The molecule has 0 aromatic carbocycles. The summed E-state index contributed by atoms with van der Waals surface area (Å²) in [6, 6.07) is 0.916. The van der Waals surface area contributed by atoms with E-state index in [1.54, 1.807) is 0 Å². The zero-order chi connectivity index (χ0) is 9.10. The summed E-state index contributed by atoms with van der Waals surface area (Å²) in [6.45, 7) is 4.83. The lowest BCUT2D eigenvalue weighted by Crippen LogP contribution is -2.39. The highest BCUT2D eigenvalue weighted by molar-refractivity contribution is 4.98. The topological polar surface area (TPSA) is 3.24 Å². The molecule has 1 heterocycles. The van der Waals surface area contributed by atoms with Crippen molar-refractivity contribution in [1.29, 1.82) is 0 Å². The maximum Gasteiger partial charge on any atom is 0.0166 e. The number of nitrogens with zero attached hydrogens (tertiary/aromatic N) is 1. The van der Waals surface area contributed by atoms with Gasteiger partial charge in [-0.15, -0.1) is 0 Å². The van der Waals surface area contributed by atoms with Crippen molar-refractivity contribution in [1.82, 2.24) is 4.90 Å². The van der Waals surface area contributed by atoms with Crippen LogP contribution in [0.15, 0.2) is 12.2 Å². The highest BCUT2D eigenvalue weighted by atomic mass is 15.2. The van der Waals surface area contributed by atoms with Crippen molar-refractivity contribution in [2.75, 3.05) is 13.1 Å². The minimum absolute atomic E-state index is 0.828. The fraction of sp³-hybridized carbons (Fsp3) is 0.833. The van der Waals surface area contributed by atoms with Gasteiger partial charge < -0.3 is 0 Å². The van der Waals surface area contributed by atoms with E-state index in [1.165, 1.54) is 45.2 Å². The van der Waals surface area contributed by atoms with Crippen molar-refractivity contribution in [2.24, 2.45) is 5.92 Å². The maximum atomic E-state index is 2.70. The van der Waals surface area contributed by atoms with Gasteiger partial charge in [-0.3, -0.25) is 4.90 Å². The van der Waals surface area contributed by atoms with Crippen LogP contribution in [0.1, 0.15) is 39.0 Å². The molecular weight excluding hydrogens is 158 g/mol. The first-order valence-electron chi connectivity index (χ1n) is 5.81.